The summed E-state index contributed by atoms with van der Waals surface area (Å²) < 4.78 is 29.5. The van der Waals surface area contributed by atoms with Crippen LogP contribution in [0, 0.1) is 29.6 Å². The van der Waals surface area contributed by atoms with Crippen molar-refractivity contribution >= 4 is 23.6 Å². The van der Waals surface area contributed by atoms with Crippen molar-refractivity contribution in [3.8, 4) is 0 Å². The molecule has 0 spiro atoms. The molecular weight excluding hydrogens is 787 g/mol. The monoisotopic (exact) mass is 853 g/mol. The number of methoxy groups -OCH3 is 2. The molecule has 0 aromatic carbocycles. The highest BCUT2D eigenvalue weighted by molar-refractivity contribution is 6.04. The average molecular weight is 854 g/mol. The van der Waals surface area contributed by atoms with Crippen molar-refractivity contribution < 1.29 is 63.3 Å². The van der Waals surface area contributed by atoms with E-state index in [1.807, 2.05) is 52.0 Å². The number of aliphatic hydroxyl groups is 4. The molecule has 1 aliphatic carbocycles. The van der Waals surface area contributed by atoms with Crippen LogP contribution in [0.2, 0.25) is 0 Å². The van der Waals surface area contributed by atoms with Crippen LogP contribution in [0.15, 0.2) is 95.2 Å². The summed E-state index contributed by atoms with van der Waals surface area (Å²) in [6.07, 6.45) is 13.2. The highest BCUT2D eigenvalue weighted by atomic mass is 16.6. The Morgan fingerprint density at radius 2 is 1.79 bits per heavy atom. The van der Waals surface area contributed by atoms with Gasteiger partial charge in [0.1, 0.15) is 29.8 Å². The average Bonchev–Trinajstić information content (AvgIpc) is 3.53. The van der Waals surface area contributed by atoms with E-state index in [-0.39, 0.29) is 48.3 Å². The van der Waals surface area contributed by atoms with Gasteiger partial charge in [-0.3, -0.25) is 9.59 Å². The molecule has 1 saturated heterocycles. The second kappa shape index (κ2) is 23.6. The molecule has 1 fully saturated rings. The van der Waals surface area contributed by atoms with Crippen molar-refractivity contribution in [2.24, 2.45) is 29.6 Å². The van der Waals surface area contributed by atoms with Gasteiger partial charge in [-0.25, -0.2) is 9.59 Å². The van der Waals surface area contributed by atoms with Gasteiger partial charge in [-0.05, 0) is 38.7 Å². The minimum Gasteiger partial charge on any atom is -0.510 e. The molecule has 2 heterocycles. The lowest BCUT2D eigenvalue weighted by Crippen LogP contribution is -2.58. The van der Waals surface area contributed by atoms with Crippen molar-refractivity contribution in [2.75, 3.05) is 14.2 Å². The maximum Gasteiger partial charge on any atom is 0.373 e. The lowest BCUT2D eigenvalue weighted by atomic mass is 9.77. The van der Waals surface area contributed by atoms with Crippen LogP contribution in [-0.2, 0) is 42.9 Å². The fraction of sp³-hybridized carbons (Fsp3) is 0.574. The Labute approximate surface area is 360 Å². The number of cyclic esters (lactones) is 1. The molecule has 3 aliphatic rings. The summed E-state index contributed by atoms with van der Waals surface area (Å²) in [5.41, 5.74) is 1.46. The van der Waals surface area contributed by atoms with Crippen LogP contribution in [0.3, 0.4) is 0 Å². The minimum absolute atomic E-state index is 0.0657. The van der Waals surface area contributed by atoms with E-state index in [0.717, 1.165) is 24.1 Å². The van der Waals surface area contributed by atoms with E-state index in [0.29, 0.717) is 12.0 Å². The Bertz CT molecular complexity index is 1800. The fourth-order valence-corrected chi connectivity index (χ4v) is 7.81. The van der Waals surface area contributed by atoms with E-state index in [4.69, 9.17) is 23.7 Å². The van der Waals surface area contributed by atoms with Crippen LogP contribution in [-0.4, -0.2) is 101 Å². The van der Waals surface area contributed by atoms with E-state index in [2.05, 4.69) is 5.32 Å². The topological polar surface area (TPSA) is 207 Å². The molecule has 0 aromatic rings. The van der Waals surface area contributed by atoms with Gasteiger partial charge < -0.3 is 49.4 Å². The summed E-state index contributed by atoms with van der Waals surface area (Å²) in [5.74, 6) is -8.20. The SMILES string of the molecule is CC/C=C/C=C/[C@H]1O[C@@](O)([C@@H](C)[C@H](O)[C@H](C)[C@H]2OC(=O)/C(OC)=C\C(C)=C/[C@@H](C)[C@@H](O)[C@@H](C)C/C(C)=C\C=C/[C@@H]2OC)C[C@@H](OC(=O)/C=C/C(=O)NC2=C(O)CCC2=O)[C@@H]1C. The zero-order valence-corrected chi connectivity index (χ0v) is 37.2. The van der Waals surface area contributed by atoms with Gasteiger partial charge in [-0.15, -0.1) is 0 Å². The minimum atomic E-state index is -2.10. The first-order valence-corrected chi connectivity index (χ1v) is 21.0. The molecular formula is C47H67NO13. The van der Waals surface area contributed by atoms with Gasteiger partial charge in [0, 0.05) is 62.2 Å². The number of rotatable bonds is 13. The van der Waals surface area contributed by atoms with E-state index >= 15 is 0 Å². The Hall–Kier alpha value is -4.60. The molecule has 0 saturated carbocycles. The highest BCUT2D eigenvalue weighted by Crippen LogP contribution is 2.41. The Kier molecular flexibility index (Phi) is 19.6. The second-order valence-corrected chi connectivity index (χ2v) is 16.5. The number of carbonyl (C=O) groups excluding carboxylic acids is 4. The molecule has 5 N–H and O–H groups in total. The van der Waals surface area contributed by atoms with Crippen molar-refractivity contribution in [1.82, 2.24) is 5.32 Å². The summed E-state index contributed by atoms with van der Waals surface area (Å²) >= 11 is 0. The predicted molar refractivity (Wildman–Crippen MR) is 229 cm³/mol. The van der Waals surface area contributed by atoms with E-state index < -0.39 is 83.8 Å². The number of esters is 2. The number of carbonyl (C=O) groups is 4. The largest absolute Gasteiger partial charge is 0.510 e. The van der Waals surface area contributed by atoms with Crippen LogP contribution in [0.25, 0.3) is 0 Å². The normalized spacial score (nSPS) is 34.5. The van der Waals surface area contributed by atoms with Crippen molar-refractivity contribution in [1.29, 1.82) is 0 Å². The number of nitrogens with one attached hydrogen (secondary N) is 1. The first-order valence-electron chi connectivity index (χ1n) is 21.0. The quantitative estimate of drug-likeness (QED) is 0.0831. The van der Waals surface area contributed by atoms with Crippen LogP contribution in [0.5, 0.6) is 0 Å². The summed E-state index contributed by atoms with van der Waals surface area (Å²) in [6, 6.07) is 0. The van der Waals surface area contributed by atoms with E-state index in [1.54, 1.807) is 52.0 Å². The van der Waals surface area contributed by atoms with Crippen molar-refractivity contribution in [3.05, 3.63) is 95.2 Å². The summed E-state index contributed by atoms with van der Waals surface area (Å²) in [7, 11) is 2.79. The number of hydrogen-bond donors (Lipinski definition) is 5. The first kappa shape index (κ1) is 50.8. The van der Waals surface area contributed by atoms with Gasteiger partial charge in [0.25, 0.3) is 0 Å². The van der Waals surface area contributed by atoms with Gasteiger partial charge in [-0.2, -0.15) is 0 Å². The third kappa shape index (κ3) is 14.2. The lowest BCUT2D eigenvalue weighted by molar-refractivity contribution is -0.314. The Morgan fingerprint density at radius 1 is 1.08 bits per heavy atom. The molecule has 0 aromatic heterocycles. The number of aliphatic hydroxyl groups excluding tert-OH is 3. The summed E-state index contributed by atoms with van der Waals surface area (Å²) in [4.78, 5) is 51.4. The summed E-state index contributed by atoms with van der Waals surface area (Å²) in [5, 5.41) is 47.6. The molecule has 0 bridgehead atoms. The maximum atomic E-state index is 13.8. The lowest BCUT2D eigenvalue weighted by Gasteiger charge is -2.48. The molecule has 338 valence electrons. The highest BCUT2D eigenvalue weighted by Gasteiger charge is 2.52. The molecule has 3 rings (SSSR count). The molecule has 12 atom stereocenters. The van der Waals surface area contributed by atoms with E-state index in [9.17, 15) is 39.6 Å². The zero-order valence-electron chi connectivity index (χ0n) is 37.2. The predicted octanol–water partition coefficient (Wildman–Crippen LogP) is 5.91. The molecule has 2 aliphatic heterocycles. The van der Waals surface area contributed by atoms with Gasteiger partial charge in [0.05, 0.1) is 25.4 Å². The van der Waals surface area contributed by atoms with Gasteiger partial charge in [0.2, 0.25) is 11.7 Å². The molecule has 0 unspecified atom stereocenters. The standard InChI is InChI=1S/C47H67NO13/c1-11-12-13-14-17-36-31(6)39(59-41(52)22-21-40(51)48-42-34(49)19-20-35(42)50)26-47(56,61-36)33(8)44(54)32(7)45-37(57-9)18-15-16-27(2)23-29(4)43(53)30(5)24-28(3)25-38(58-10)46(55)60-45/h12-18,21-22,24-25,29-33,36-37,39,43-45,49,53-54,56H,11,19-20,23,26H2,1-10H3,(H,48,51)/b13-12+,17-14+,18-15-,22-21+,27-16-,28-24-,38-25+/t29-,30+,31+,32-,33-,36+,37-,39+,43-,44+,45+,47+/m0/s1. The number of Topliss-reactive ketones (excluding diaryl/α,β-unsaturated/α-hetero) is 1. The zero-order chi connectivity index (χ0) is 45.6. The number of allylic oxidation sites excluding steroid dienone is 10. The Balaban J connectivity index is 1.97. The van der Waals surface area contributed by atoms with Gasteiger partial charge in [-0.1, -0.05) is 101 Å². The van der Waals surface area contributed by atoms with Gasteiger partial charge in [0.15, 0.2) is 11.6 Å². The fourth-order valence-electron chi connectivity index (χ4n) is 7.81. The smallest absolute Gasteiger partial charge is 0.373 e. The number of hydrogen-bond acceptors (Lipinski definition) is 13. The molecule has 14 heteroatoms. The molecule has 0 radical (unpaired) electrons. The van der Waals surface area contributed by atoms with Crippen molar-refractivity contribution in [2.45, 2.75) is 130 Å². The number of ether oxygens (including phenoxy) is 5. The van der Waals surface area contributed by atoms with Crippen LogP contribution in [0.1, 0.15) is 87.5 Å². The Morgan fingerprint density at radius 3 is 2.41 bits per heavy atom. The third-order valence-corrected chi connectivity index (χ3v) is 11.6. The van der Waals surface area contributed by atoms with E-state index in [1.165, 1.54) is 20.3 Å². The number of amides is 1. The maximum absolute atomic E-state index is 13.8. The summed E-state index contributed by atoms with van der Waals surface area (Å²) in [6.45, 7) is 14.6. The second-order valence-electron chi connectivity index (χ2n) is 16.5. The first-order chi connectivity index (χ1) is 28.8. The van der Waals surface area contributed by atoms with Crippen LogP contribution in [0.4, 0.5) is 0 Å². The molecule has 61 heavy (non-hydrogen) atoms. The van der Waals surface area contributed by atoms with Crippen LogP contribution < -0.4 is 5.32 Å². The van der Waals surface area contributed by atoms with Crippen LogP contribution >= 0.6 is 0 Å². The number of ketones is 1. The van der Waals surface area contributed by atoms with Gasteiger partial charge >= 0.3 is 11.9 Å². The third-order valence-electron chi connectivity index (χ3n) is 11.6. The van der Waals surface area contributed by atoms with Crippen molar-refractivity contribution in [3.63, 3.8) is 0 Å². The molecule has 1 amide bonds. The molecule has 14 nitrogen and oxygen atoms in total.